The molecule has 10 N–H and O–H groups in total. The van der Waals surface area contributed by atoms with Crippen LogP contribution < -0.4 is 26.3 Å². The molecule has 0 radical (unpaired) electrons. The number of nitrogens with one attached hydrogen (secondary N) is 1. The van der Waals surface area contributed by atoms with E-state index in [1.54, 1.807) is 26.8 Å². The van der Waals surface area contributed by atoms with Crippen molar-refractivity contribution in [3.05, 3.63) is 53.3 Å². The molecule has 17 heteroatoms. The van der Waals surface area contributed by atoms with E-state index >= 15 is 0 Å². The van der Waals surface area contributed by atoms with Gasteiger partial charge in [0.05, 0.1) is 47.3 Å². The zero-order valence-electron chi connectivity index (χ0n) is 30.9. The Morgan fingerprint density at radius 1 is 1.02 bits per heavy atom. The van der Waals surface area contributed by atoms with Gasteiger partial charge < -0.3 is 60.3 Å². The Hall–Kier alpha value is -5.20. The van der Waals surface area contributed by atoms with Crippen molar-refractivity contribution in [1.82, 2.24) is 0 Å². The van der Waals surface area contributed by atoms with Gasteiger partial charge in [-0.3, -0.25) is 20.1 Å². The Morgan fingerprint density at radius 3 is 2.30 bits per heavy atom. The number of ketones is 1. The third-order valence-corrected chi connectivity index (χ3v) is 9.71. The first-order valence-electron chi connectivity index (χ1n) is 17.0. The lowest BCUT2D eigenvalue weighted by Gasteiger charge is -2.37. The molecule has 3 heterocycles. The minimum atomic E-state index is -2.59. The molecule has 1 amide bonds. The van der Waals surface area contributed by atoms with Gasteiger partial charge in [-0.15, -0.1) is 0 Å². The molecule has 0 saturated carbocycles. The predicted molar refractivity (Wildman–Crippen MR) is 193 cm³/mol. The number of aliphatic carboxylic acids is 1. The molecule has 294 valence electrons. The van der Waals surface area contributed by atoms with Crippen molar-refractivity contribution in [2.75, 3.05) is 19.0 Å². The van der Waals surface area contributed by atoms with Gasteiger partial charge in [0.1, 0.15) is 23.4 Å². The Kier molecular flexibility index (Phi) is 12.7. The van der Waals surface area contributed by atoms with Crippen LogP contribution in [0.5, 0.6) is 23.0 Å². The molecular weight excluding hydrogens is 710 g/mol. The fourth-order valence-corrected chi connectivity index (χ4v) is 6.50. The van der Waals surface area contributed by atoms with E-state index in [2.05, 4.69) is 5.32 Å². The summed E-state index contributed by atoms with van der Waals surface area (Å²) in [6, 6.07) is -0.0640. The number of carbonyl (C=O) groups excluding carboxylic acids is 3. The van der Waals surface area contributed by atoms with Crippen molar-refractivity contribution in [3.8, 4) is 23.0 Å². The van der Waals surface area contributed by atoms with Gasteiger partial charge in [0, 0.05) is 54.4 Å². The van der Waals surface area contributed by atoms with Crippen LogP contribution in [0.3, 0.4) is 0 Å². The highest BCUT2D eigenvalue weighted by Gasteiger charge is 2.51. The van der Waals surface area contributed by atoms with E-state index < -0.39 is 95.9 Å². The van der Waals surface area contributed by atoms with Crippen LogP contribution >= 0.6 is 0 Å². The summed E-state index contributed by atoms with van der Waals surface area (Å²) in [4.78, 5) is 51.1. The number of aliphatic hydroxyl groups excluding tert-OH is 2. The second-order valence-electron chi connectivity index (χ2n) is 13.5. The van der Waals surface area contributed by atoms with Crippen LogP contribution in [0.25, 0.3) is 10.8 Å². The fourth-order valence-electron chi connectivity index (χ4n) is 6.50. The highest BCUT2D eigenvalue weighted by molar-refractivity contribution is 6.21. The zero-order valence-corrected chi connectivity index (χ0v) is 30.9. The number of phenols is 2. The average molecular weight is 758 g/mol. The number of benzene rings is 2. The van der Waals surface area contributed by atoms with Crippen LogP contribution in [-0.4, -0.2) is 99.2 Å². The predicted octanol–water partition coefficient (Wildman–Crippen LogP) is 2.10. The number of fused-ring (bicyclic) bond motifs is 14. The largest absolute Gasteiger partial charge is 0.507 e. The first-order valence-corrected chi connectivity index (χ1v) is 17.0. The molecule has 0 spiro atoms. The summed E-state index contributed by atoms with van der Waals surface area (Å²) in [5.41, 5.74) is 12.3. The molecule has 17 nitrogen and oxygen atoms in total. The number of hydrogen-bond acceptors (Lipinski definition) is 15. The SMILES string of the molecule is CO[C@H]1/C=C/O[C@@]2(N)Oc3c(C)c(O)c4c(O)c(cc(OCC(=O)O)c4c3C2=O)NC(=O)/C(C)=C\C=C\[C@H](C)[C@H](O)[C@@H](C)[C@@H](O)[C@@H](C)[C@H](OC(C)=O)[C@@H]1N. The van der Waals surface area contributed by atoms with Crippen molar-refractivity contribution >= 4 is 40.1 Å². The van der Waals surface area contributed by atoms with E-state index in [0.29, 0.717) is 0 Å². The van der Waals surface area contributed by atoms with Crippen LogP contribution in [0, 0.1) is 24.7 Å². The molecule has 9 atom stereocenters. The number of amides is 1. The quantitative estimate of drug-likeness (QED) is 0.160. The number of hydrogen-bond donors (Lipinski definition) is 8. The van der Waals surface area contributed by atoms with Gasteiger partial charge in [0.15, 0.2) is 12.4 Å². The lowest BCUT2D eigenvalue weighted by Crippen LogP contribution is -2.54. The molecule has 2 aromatic rings. The number of aliphatic hydroxyl groups is 2. The molecule has 0 saturated heterocycles. The van der Waals surface area contributed by atoms with E-state index in [0.717, 1.165) is 12.3 Å². The number of ether oxygens (including phenoxy) is 5. The number of carboxylic acids is 1. The number of rotatable bonds is 5. The second-order valence-corrected chi connectivity index (χ2v) is 13.5. The topological polar surface area (TPSA) is 280 Å². The van der Waals surface area contributed by atoms with Crippen molar-refractivity contribution in [2.45, 2.75) is 77.9 Å². The number of allylic oxidation sites excluding steroid dienone is 2. The maximum absolute atomic E-state index is 14.1. The van der Waals surface area contributed by atoms with Gasteiger partial charge in [-0.2, -0.15) is 0 Å². The number of methoxy groups -OCH3 is 1. The number of phenolic OH excluding ortho intramolecular Hbond substituents is 2. The number of carboxylic acid groups (broad SMARTS) is 1. The Balaban J connectivity index is 1.93. The lowest BCUT2D eigenvalue weighted by molar-refractivity contribution is -0.157. The van der Waals surface area contributed by atoms with Crippen LogP contribution in [0.2, 0.25) is 0 Å². The monoisotopic (exact) mass is 757 g/mol. The number of Topliss-reactive ketones (excluding diaryl/α,β-unsaturated/α-hetero) is 1. The molecule has 0 aromatic heterocycles. The Labute approximate surface area is 310 Å². The van der Waals surface area contributed by atoms with Gasteiger partial charge in [0.2, 0.25) is 0 Å². The summed E-state index contributed by atoms with van der Waals surface area (Å²) in [7, 11) is 1.30. The van der Waals surface area contributed by atoms with E-state index in [-0.39, 0.29) is 44.7 Å². The van der Waals surface area contributed by atoms with Crippen molar-refractivity contribution in [3.63, 3.8) is 0 Å². The molecule has 2 aromatic carbocycles. The molecule has 3 aliphatic heterocycles. The number of carbonyl (C=O) groups is 4. The number of nitrogens with two attached hydrogens (primary N) is 2. The Bertz CT molecular complexity index is 1910. The van der Waals surface area contributed by atoms with Crippen LogP contribution in [0.15, 0.2) is 42.2 Å². The van der Waals surface area contributed by atoms with E-state index in [1.807, 2.05) is 0 Å². The highest BCUT2D eigenvalue weighted by Crippen LogP contribution is 2.53. The minimum absolute atomic E-state index is 0.0699. The molecule has 0 unspecified atom stereocenters. The van der Waals surface area contributed by atoms with Crippen molar-refractivity contribution < 1.29 is 68.4 Å². The first-order chi connectivity index (χ1) is 25.2. The minimum Gasteiger partial charge on any atom is -0.507 e. The standard InChI is InChI=1S/C37H47N3O14/c1-15-9-8-10-16(2)36(49)40-21-13-23(51-14-24(42)43)25-26(32(21)47)31(46)19(5)33-27(25)35(48)37(39,54-33)52-12-11-22(50-7)28(38)34(53-20(6)41)18(4)30(45)17(3)29(15)44/h8-13,15,17-18,22,28-30,34,44-47H,14,38-39H2,1-7H3,(H,40,49)(H,42,43)/b9-8+,12-11+,16-10-/t15-,17+,18+,22-,28+,29-,30+,34-,37+/m0/s1. The summed E-state index contributed by atoms with van der Waals surface area (Å²) in [6.07, 6.45) is 2.18. The lowest BCUT2D eigenvalue weighted by atomic mass is 9.80. The first kappa shape index (κ1) is 41.6. The molecule has 0 fully saturated rings. The van der Waals surface area contributed by atoms with Gasteiger partial charge in [-0.1, -0.05) is 39.0 Å². The summed E-state index contributed by atoms with van der Waals surface area (Å²) in [6.45, 7) is 7.97. The maximum atomic E-state index is 14.1. The molecule has 3 aliphatic rings. The van der Waals surface area contributed by atoms with Gasteiger partial charge in [-0.25, -0.2) is 4.79 Å². The molecule has 5 rings (SSSR count). The molecule has 0 aliphatic carbocycles. The van der Waals surface area contributed by atoms with Crippen molar-refractivity contribution in [2.24, 2.45) is 29.2 Å². The summed E-state index contributed by atoms with van der Waals surface area (Å²) < 4.78 is 28.0. The summed E-state index contributed by atoms with van der Waals surface area (Å²) >= 11 is 0. The number of esters is 1. The normalized spacial score (nSPS) is 31.5. The summed E-state index contributed by atoms with van der Waals surface area (Å²) in [5.74, 6) is -10.5. The van der Waals surface area contributed by atoms with E-state index in [1.165, 1.54) is 46.1 Å². The maximum Gasteiger partial charge on any atom is 0.378 e. The van der Waals surface area contributed by atoms with E-state index in [4.69, 9.17) is 35.2 Å². The average Bonchev–Trinajstić information content (AvgIpc) is 3.38. The summed E-state index contributed by atoms with van der Waals surface area (Å²) in [5, 5.41) is 56.5. The second kappa shape index (κ2) is 16.4. The van der Waals surface area contributed by atoms with E-state index in [9.17, 15) is 44.7 Å². The zero-order chi connectivity index (χ0) is 40.4. The van der Waals surface area contributed by atoms with Crippen LogP contribution in [-0.2, 0) is 28.6 Å². The van der Waals surface area contributed by atoms with Gasteiger partial charge in [0.25, 0.3) is 11.7 Å². The van der Waals surface area contributed by atoms with Crippen molar-refractivity contribution in [1.29, 1.82) is 0 Å². The third-order valence-electron chi connectivity index (χ3n) is 9.71. The molecule has 5 bridgehead atoms. The molecule has 54 heavy (non-hydrogen) atoms. The van der Waals surface area contributed by atoms with Gasteiger partial charge >= 0.3 is 17.8 Å². The Morgan fingerprint density at radius 2 is 1.69 bits per heavy atom. The van der Waals surface area contributed by atoms with Gasteiger partial charge in [-0.05, 0) is 19.9 Å². The number of aromatic hydroxyl groups is 2. The fraction of sp³-hybridized carbons (Fsp3) is 0.459. The smallest absolute Gasteiger partial charge is 0.378 e. The molecular formula is C37H47N3O14. The highest BCUT2D eigenvalue weighted by atomic mass is 16.7. The third kappa shape index (κ3) is 8.14. The van der Waals surface area contributed by atoms with Crippen LogP contribution in [0.4, 0.5) is 5.69 Å². The number of anilines is 1. The van der Waals surface area contributed by atoms with Crippen LogP contribution in [0.1, 0.15) is 50.5 Å².